The van der Waals surface area contributed by atoms with Gasteiger partial charge in [0.2, 0.25) is 0 Å². The second-order valence-corrected chi connectivity index (χ2v) is 22.2. The molecule has 16 rings (SSSR count). The van der Waals surface area contributed by atoms with Gasteiger partial charge < -0.3 is 13.7 Å². The molecule has 0 spiro atoms. The predicted molar refractivity (Wildman–Crippen MR) is 315 cm³/mol. The van der Waals surface area contributed by atoms with E-state index in [1.54, 1.807) is 0 Å². The van der Waals surface area contributed by atoms with Crippen LogP contribution in [-0.2, 0) is 19.0 Å². The average Bonchev–Trinajstić information content (AvgIpc) is 2.11. The van der Waals surface area contributed by atoms with Crippen molar-refractivity contribution in [1.82, 2.24) is 13.7 Å². The Bertz CT molecular complexity index is 4690. The molecule has 0 radical (unpaired) electrons. The fourth-order valence-electron chi connectivity index (χ4n) is 14.9. The SMILES string of the molecule is Cc1c(C2Cc3ccccc3-c3ccccc32)c(-n2c3ccccc3c3ccccc32)c(-n2c3c(c4ccc(C(F)(F)F)cc42)CCC(C(F)(F)F)=C3)c(C2C3=C(CCC=C3)c3ccccc32)c1-n1c2ccccc2c2ccccc21. The summed E-state index contributed by atoms with van der Waals surface area (Å²) in [5.41, 5.74) is 16.5. The maximum atomic E-state index is 15.7. The molecule has 3 aromatic heterocycles. The second-order valence-electron chi connectivity index (χ2n) is 22.2. The van der Waals surface area contributed by atoms with E-state index < -0.39 is 29.4 Å². The topological polar surface area (TPSA) is 14.8 Å². The van der Waals surface area contributed by atoms with Crippen molar-refractivity contribution >= 4 is 66.2 Å². The van der Waals surface area contributed by atoms with Crippen molar-refractivity contribution < 1.29 is 26.3 Å². The van der Waals surface area contributed by atoms with E-state index in [1.165, 1.54) is 23.8 Å². The molecule has 0 fully saturated rings. The quantitative estimate of drug-likeness (QED) is 0.153. The van der Waals surface area contributed by atoms with Crippen molar-refractivity contribution in [1.29, 1.82) is 0 Å². The van der Waals surface area contributed by atoms with Crippen LogP contribution >= 0.6 is 0 Å². The summed E-state index contributed by atoms with van der Waals surface area (Å²) in [7, 11) is 0. The molecule has 0 amide bonds. The highest BCUT2D eigenvalue weighted by molar-refractivity contribution is 6.12. The first-order valence-electron chi connectivity index (χ1n) is 27.8. The zero-order chi connectivity index (χ0) is 54.6. The zero-order valence-electron chi connectivity index (χ0n) is 43.9. The summed E-state index contributed by atoms with van der Waals surface area (Å²) in [5, 5.41) is 4.46. The summed E-state index contributed by atoms with van der Waals surface area (Å²) in [4.78, 5) is 0. The number of para-hydroxylation sites is 4. The van der Waals surface area contributed by atoms with Gasteiger partial charge >= 0.3 is 12.4 Å². The molecule has 9 aromatic carbocycles. The number of halogens is 6. The standard InChI is InChI=1S/C72H49F6N3/c1-41-65(58-38-42-18-2-3-19-45(42)46-20-4-5-23-49(46)58)69(80-61-32-16-12-26-52(61)53-27-13-17-33-62(53)80)70(81-63-39-43(71(73,74)75)34-36-54(63)55-37-35-44(40-64(55)81)72(76,77)78)67(66-56-28-8-6-21-47(56)48-22-7-9-29-57(48)66)68(41)79-59-30-14-10-24-50(59)51-25-11-15-31-60(51)79/h2-6,8-21,23-34,36,39-40,58,66H,7,22,35,37-38H2,1H3. The Morgan fingerprint density at radius 3 is 1.63 bits per heavy atom. The highest BCUT2D eigenvalue weighted by atomic mass is 19.4. The van der Waals surface area contributed by atoms with Crippen LogP contribution in [-0.4, -0.2) is 19.9 Å². The molecule has 2 atom stereocenters. The van der Waals surface area contributed by atoms with Crippen LogP contribution in [0.2, 0.25) is 0 Å². The van der Waals surface area contributed by atoms with Gasteiger partial charge in [0.25, 0.3) is 0 Å². The summed E-state index contributed by atoms with van der Waals surface area (Å²) >= 11 is 0. The molecule has 3 nitrogen and oxygen atoms in total. The Kier molecular flexibility index (Phi) is 10.3. The summed E-state index contributed by atoms with van der Waals surface area (Å²) in [6.07, 6.45) is -1.99. The molecule has 9 heteroatoms. The van der Waals surface area contributed by atoms with Crippen molar-refractivity contribution in [2.75, 3.05) is 0 Å². The number of benzene rings is 9. The number of rotatable bonds is 5. The lowest BCUT2D eigenvalue weighted by atomic mass is 9.72. The highest BCUT2D eigenvalue weighted by Gasteiger charge is 2.44. The van der Waals surface area contributed by atoms with Gasteiger partial charge in [-0.2, -0.15) is 26.3 Å². The van der Waals surface area contributed by atoms with Gasteiger partial charge in [-0.3, -0.25) is 0 Å². The number of nitrogens with zero attached hydrogens (tertiary/aromatic N) is 3. The average molecular weight is 1070 g/mol. The maximum absolute atomic E-state index is 15.7. The molecule has 3 heterocycles. The Hall–Kier alpha value is -9.08. The first kappa shape index (κ1) is 47.9. The van der Waals surface area contributed by atoms with Gasteiger partial charge in [-0.15, -0.1) is 0 Å². The predicted octanol–water partition coefficient (Wildman–Crippen LogP) is 19.6. The van der Waals surface area contributed by atoms with Crippen molar-refractivity contribution in [3.8, 4) is 28.2 Å². The number of allylic oxidation sites excluding steroid dienone is 5. The number of aromatic nitrogens is 3. The number of hydrogen-bond donors (Lipinski definition) is 0. The molecule has 0 saturated carbocycles. The van der Waals surface area contributed by atoms with E-state index in [0.29, 0.717) is 28.7 Å². The van der Waals surface area contributed by atoms with Gasteiger partial charge in [0.05, 0.1) is 55.9 Å². The molecule has 394 valence electrons. The Balaban J connectivity index is 1.23. The minimum atomic E-state index is -4.78. The van der Waals surface area contributed by atoms with Crippen LogP contribution in [0, 0.1) is 6.92 Å². The summed E-state index contributed by atoms with van der Waals surface area (Å²) in [6.45, 7) is 2.22. The van der Waals surface area contributed by atoms with Crippen LogP contribution in [0.25, 0.3) is 94.4 Å². The van der Waals surface area contributed by atoms with Gasteiger partial charge in [0, 0.05) is 49.9 Å². The zero-order valence-corrected chi connectivity index (χ0v) is 43.9. The van der Waals surface area contributed by atoms with Gasteiger partial charge in [-0.1, -0.05) is 164 Å². The Morgan fingerprint density at radius 2 is 1.00 bits per heavy atom. The van der Waals surface area contributed by atoms with Gasteiger partial charge in [0.1, 0.15) is 0 Å². The molecule has 12 aromatic rings. The second kappa shape index (κ2) is 17.5. The molecule has 0 aliphatic heterocycles. The number of alkyl halides is 6. The van der Waals surface area contributed by atoms with Gasteiger partial charge in [-0.05, 0) is 143 Å². The van der Waals surface area contributed by atoms with E-state index >= 15 is 26.3 Å². The summed E-state index contributed by atoms with van der Waals surface area (Å²) in [5.74, 6) is -0.930. The molecular formula is C72H49F6N3. The maximum Gasteiger partial charge on any atom is 0.416 e. The van der Waals surface area contributed by atoms with E-state index in [0.717, 1.165) is 124 Å². The Morgan fingerprint density at radius 1 is 0.457 bits per heavy atom. The molecule has 4 aliphatic carbocycles. The van der Waals surface area contributed by atoms with Crippen LogP contribution in [0.5, 0.6) is 0 Å². The van der Waals surface area contributed by atoms with Crippen molar-refractivity contribution in [3.05, 3.63) is 267 Å². The van der Waals surface area contributed by atoms with E-state index in [2.05, 4.69) is 150 Å². The van der Waals surface area contributed by atoms with E-state index in [9.17, 15) is 0 Å². The van der Waals surface area contributed by atoms with E-state index in [4.69, 9.17) is 0 Å². The number of aryl methyl sites for hydroxylation is 1. The number of fused-ring (bicyclic) bond motifs is 14. The fourth-order valence-corrected chi connectivity index (χ4v) is 14.9. The van der Waals surface area contributed by atoms with Crippen LogP contribution in [0.4, 0.5) is 26.3 Å². The third-order valence-corrected chi connectivity index (χ3v) is 18.2. The van der Waals surface area contributed by atoms with Crippen LogP contribution in [0.3, 0.4) is 0 Å². The molecule has 0 bridgehead atoms. The van der Waals surface area contributed by atoms with Crippen LogP contribution in [0.1, 0.15) is 86.9 Å². The first-order valence-corrected chi connectivity index (χ1v) is 27.8. The van der Waals surface area contributed by atoms with Gasteiger partial charge in [-0.25, -0.2) is 0 Å². The van der Waals surface area contributed by atoms with Crippen LogP contribution < -0.4 is 0 Å². The van der Waals surface area contributed by atoms with E-state index in [1.807, 2.05) is 53.1 Å². The normalized spacial score (nSPS) is 16.8. The van der Waals surface area contributed by atoms with Crippen molar-refractivity contribution in [2.45, 2.75) is 63.2 Å². The first-order chi connectivity index (χ1) is 39.4. The highest BCUT2D eigenvalue weighted by Crippen LogP contribution is 2.59. The molecule has 0 N–H and O–H groups in total. The lowest BCUT2D eigenvalue weighted by Crippen LogP contribution is -2.23. The van der Waals surface area contributed by atoms with Crippen molar-refractivity contribution in [2.24, 2.45) is 0 Å². The van der Waals surface area contributed by atoms with E-state index in [-0.39, 0.29) is 30.0 Å². The lowest BCUT2D eigenvalue weighted by molar-refractivity contribution is -0.137. The monoisotopic (exact) mass is 1070 g/mol. The third-order valence-electron chi connectivity index (χ3n) is 18.2. The van der Waals surface area contributed by atoms with Gasteiger partial charge in [0.15, 0.2) is 0 Å². The largest absolute Gasteiger partial charge is 0.416 e. The molecule has 4 aliphatic rings. The Labute approximate surface area is 462 Å². The summed E-state index contributed by atoms with van der Waals surface area (Å²) < 4.78 is 101. The molecule has 0 saturated heterocycles. The molecule has 81 heavy (non-hydrogen) atoms. The smallest absolute Gasteiger partial charge is 0.309 e. The minimum Gasteiger partial charge on any atom is -0.309 e. The van der Waals surface area contributed by atoms with Crippen LogP contribution in [0.15, 0.2) is 211 Å². The molecule has 2 unspecified atom stereocenters. The lowest BCUT2D eigenvalue weighted by Gasteiger charge is -2.37. The summed E-state index contributed by atoms with van der Waals surface area (Å²) in [6, 6.07) is 62.5. The fraction of sp³-hybridized carbons (Fsp3) is 0.139. The third kappa shape index (κ3) is 6.90. The number of hydrogen-bond acceptors (Lipinski definition) is 0. The minimum absolute atomic E-state index is 0.0227. The molecular weight excluding hydrogens is 1020 g/mol. The van der Waals surface area contributed by atoms with Crippen molar-refractivity contribution in [3.63, 3.8) is 0 Å².